The molecule has 0 bridgehead atoms. The molecule has 0 saturated carbocycles. The average Bonchev–Trinajstić information content (AvgIpc) is 2.92. The summed E-state index contributed by atoms with van der Waals surface area (Å²) in [5.41, 5.74) is 1.93. The minimum atomic E-state index is -3.23. The van der Waals surface area contributed by atoms with E-state index in [4.69, 9.17) is 0 Å². The van der Waals surface area contributed by atoms with Gasteiger partial charge in [0.25, 0.3) is 5.91 Å². The van der Waals surface area contributed by atoms with Crippen LogP contribution in [0.4, 0.5) is 10.8 Å². The molecular weight excluding hydrogens is 334 g/mol. The number of sulfonamides is 1. The number of nitrogens with zero attached hydrogens (tertiary/aromatic N) is 2. The van der Waals surface area contributed by atoms with Gasteiger partial charge in [-0.05, 0) is 44.0 Å². The van der Waals surface area contributed by atoms with Gasteiger partial charge in [-0.3, -0.25) is 14.4 Å². The summed E-state index contributed by atoms with van der Waals surface area (Å²) < 4.78 is 25.6. The summed E-state index contributed by atoms with van der Waals surface area (Å²) in [6.07, 6.45) is 1.55. The van der Waals surface area contributed by atoms with Gasteiger partial charge in [0.05, 0.1) is 17.1 Å². The number of hydrogen-bond acceptors (Lipinski definition) is 5. The Bertz CT molecular complexity index is 813. The van der Waals surface area contributed by atoms with E-state index >= 15 is 0 Å². The molecule has 23 heavy (non-hydrogen) atoms. The second-order valence-corrected chi connectivity index (χ2v) is 8.26. The summed E-state index contributed by atoms with van der Waals surface area (Å²) in [4.78, 5) is 16.3. The van der Waals surface area contributed by atoms with Crippen molar-refractivity contribution >= 4 is 38.1 Å². The van der Waals surface area contributed by atoms with E-state index < -0.39 is 10.0 Å². The van der Waals surface area contributed by atoms with Crippen molar-refractivity contribution in [2.75, 3.05) is 21.9 Å². The number of carbonyl (C=O) groups excluding carboxylic acids is 1. The lowest BCUT2D eigenvalue weighted by Crippen LogP contribution is -2.37. The van der Waals surface area contributed by atoms with Crippen LogP contribution in [-0.4, -0.2) is 31.6 Å². The third-order valence-corrected chi connectivity index (χ3v) is 6.35. The Balaban J connectivity index is 1.75. The Morgan fingerprint density at radius 2 is 2.00 bits per heavy atom. The van der Waals surface area contributed by atoms with Crippen LogP contribution in [0.5, 0.6) is 0 Å². The first-order chi connectivity index (χ1) is 11.0. The minimum Gasteiger partial charge on any atom is -0.298 e. The highest BCUT2D eigenvalue weighted by molar-refractivity contribution is 7.92. The fourth-order valence-corrected chi connectivity index (χ4v) is 4.76. The molecule has 2 heterocycles. The maximum Gasteiger partial charge on any atom is 0.257 e. The van der Waals surface area contributed by atoms with Crippen LogP contribution in [0.25, 0.3) is 0 Å². The third kappa shape index (κ3) is 3.53. The van der Waals surface area contributed by atoms with Crippen molar-refractivity contribution in [3.63, 3.8) is 0 Å². The number of thiazole rings is 1. The maximum absolute atomic E-state index is 12.2. The highest BCUT2D eigenvalue weighted by atomic mass is 32.2. The summed E-state index contributed by atoms with van der Waals surface area (Å²) in [6, 6.07) is 6.61. The number of aromatic nitrogens is 1. The Kier molecular flexibility index (Phi) is 4.36. The van der Waals surface area contributed by atoms with Crippen LogP contribution in [0, 0.1) is 6.92 Å². The predicted octanol–water partition coefficient (Wildman–Crippen LogP) is 2.63. The number of aryl methyl sites for hydroxylation is 1. The van der Waals surface area contributed by atoms with Crippen molar-refractivity contribution in [1.82, 2.24) is 4.98 Å². The van der Waals surface area contributed by atoms with E-state index in [9.17, 15) is 13.2 Å². The van der Waals surface area contributed by atoms with Gasteiger partial charge in [-0.1, -0.05) is 0 Å². The zero-order chi connectivity index (χ0) is 16.4. The highest BCUT2D eigenvalue weighted by Crippen LogP contribution is 2.24. The molecule has 0 aliphatic carbocycles. The molecule has 1 aliphatic rings. The summed E-state index contributed by atoms with van der Waals surface area (Å²) in [7, 11) is -3.23. The molecule has 1 aromatic heterocycles. The van der Waals surface area contributed by atoms with Gasteiger partial charge in [0.1, 0.15) is 0 Å². The zero-order valence-electron chi connectivity index (χ0n) is 12.7. The maximum atomic E-state index is 12.2. The zero-order valence-corrected chi connectivity index (χ0v) is 14.3. The molecule has 122 valence electrons. The van der Waals surface area contributed by atoms with Gasteiger partial charge in [0, 0.05) is 17.5 Å². The number of nitrogens with one attached hydrogen (secondary N) is 1. The molecule has 8 heteroatoms. The Morgan fingerprint density at radius 1 is 1.26 bits per heavy atom. The van der Waals surface area contributed by atoms with Gasteiger partial charge in [0.15, 0.2) is 5.13 Å². The van der Waals surface area contributed by atoms with Crippen LogP contribution in [0.1, 0.15) is 28.9 Å². The number of amides is 1. The molecule has 0 radical (unpaired) electrons. The van der Waals surface area contributed by atoms with Crippen LogP contribution >= 0.6 is 11.3 Å². The lowest BCUT2D eigenvalue weighted by molar-refractivity contribution is 0.102. The second kappa shape index (κ2) is 6.29. The van der Waals surface area contributed by atoms with E-state index in [0.29, 0.717) is 29.3 Å². The fraction of sp³-hybridized carbons (Fsp3) is 0.333. The van der Waals surface area contributed by atoms with Gasteiger partial charge < -0.3 is 0 Å². The van der Waals surface area contributed by atoms with Gasteiger partial charge in [0.2, 0.25) is 10.0 Å². The average molecular weight is 351 g/mol. The van der Waals surface area contributed by atoms with E-state index in [0.717, 1.165) is 12.1 Å². The van der Waals surface area contributed by atoms with Crippen LogP contribution in [0.3, 0.4) is 0 Å². The second-order valence-electron chi connectivity index (χ2n) is 5.39. The topological polar surface area (TPSA) is 79.4 Å². The predicted molar refractivity (Wildman–Crippen MR) is 91.6 cm³/mol. The number of benzene rings is 1. The SMILES string of the molecule is Cc1csc(NC(=O)c2ccc(N3CCCCS3(=O)=O)cc2)n1. The standard InChI is InChI=1S/C15H17N3O3S2/c1-11-10-22-15(16-11)17-14(19)12-4-6-13(7-5-12)18-8-2-3-9-23(18,20)21/h4-7,10H,2-3,8-9H2,1H3,(H,16,17,19). The lowest BCUT2D eigenvalue weighted by atomic mass is 10.2. The summed E-state index contributed by atoms with van der Waals surface area (Å²) in [6.45, 7) is 2.35. The van der Waals surface area contributed by atoms with E-state index in [1.807, 2.05) is 12.3 Å². The lowest BCUT2D eigenvalue weighted by Gasteiger charge is -2.28. The first kappa shape index (κ1) is 15.9. The van der Waals surface area contributed by atoms with Gasteiger partial charge in [-0.15, -0.1) is 11.3 Å². The number of rotatable bonds is 3. The molecule has 1 fully saturated rings. The van der Waals surface area contributed by atoms with Crippen molar-refractivity contribution < 1.29 is 13.2 Å². The first-order valence-electron chi connectivity index (χ1n) is 7.30. The highest BCUT2D eigenvalue weighted by Gasteiger charge is 2.26. The van der Waals surface area contributed by atoms with Gasteiger partial charge in [-0.25, -0.2) is 13.4 Å². The van der Waals surface area contributed by atoms with E-state index in [1.165, 1.54) is 15.6 Å². The van der Waals surface area contributed by atoms with Gasteiger partial charge in [-0.2, -0.15) is 0 Å². The molecule has 1 aliphatic heterocycles. The molecule has 0 spiro atoms. The number of hydrogen-bond donors (Lipinski definition) is 1. The quantitative estimate of drug-likeness (QED) is 0.922. The van der Waals surface area contributed by atoms with Crippen molar-refractivity contribution in [2.24, 2.45) is 0 Å². The van der Waals surface area contributed by atoms with E-state index in [-0.39, 0.29) is 11.7 Å². The van der Waals surface area contributed by atoms with E-state index in [1.54, 1.807) is 24.3 Å². The Labute approximate surface area is 139 Å². The molecular formula is C15H17N3O3S2. The van der Waals surface area contributed by atoms with Crippen LogP contribution in [0.2, 0.25) is 0 Å². The van der Waals surface area contributed by atoms with Crippen molar-refractivity contribution in [2.45, 2.75) is 19.8 Å². The number of anilines is 2. The summed E-state index contributed by atoms with van der Waals surface area (Å²) in [5, 5.41) is 5.14. The fourth-order valence-electron chi connectivity index (χ4n) is 2.44. The Morgan fingerprint density at radius 3 is 2.61 bits per heavy atom. The van der Waals surface area contributed by atoms with Crippen molar-refractivity contribution in [3.05, 3.63) is 40.9 Å². The molecule has 0 atom stereocenters. The molecule has 1 saturated heterocycles. The third-order valence-electron chi connectivity index (χ3n) is 3.61. The molecule has 2 aromatic rings. The van der Waals surface area contributed by atoms with Crippen molar-refractivity contribution in [3.8, 4) is 0 Å². The molecule has 1 N–H and O–H groups in total. The molecule has 3 rings (SSSR count). The van der Waals surface area contributed by atoms with E-state index in [2.05, 4.69) is 10.3 Å². The number of carbonyl (C=O) groups is 1. The van der Waals surface area contributed by atoms with Crippen LogP contribution < -0.4 is 9.62 Å². The molecule has 6 nitrogen and oxygen atoms in total. The molecule has 1 amide bonds. The largest absolute Gasteiger partial charge is 0.298 e. The molecule has 1 aromatic carbocycles. The van der Waals surface area contributed by atoms with Crippen LogP contribution in [-0.2, 0) is 10.0 Å². The monoisotopic (exact) mass is 351 g/mol. The normalized spacial score (nSPS) is 17.0. The molecule has 0 unspecified atom stereocenters. The first-order valence-corrected chi connectivity index (χ1v) is 9.78. The van der Waals surface area contributed by atoms with Crippen LogP contribution in [0.15, 0.2) is 29.6 Å². The van der Waals surface area contributed by atoms with Gasteiger partial charge >= 0.3 is 0 Å². The summed E-state index contributed by atoms with van der Waals surface area (Å²) in [5.74, 6) is -0.0778. The Hall–Kier alpha value is -1.93. The minimum absolute atomic E-state index is 0.179. The smallest absolute Gasteiger partial charge is 0.257 e. The summed E-state index contributed by atoms with van der Waals surface area (Å²) >= 11 is 1.37. The van der Waals surface area contributed by atoms with Crippen molar-refractivity contribution in [1.29, 1.82) is 0 Å².